The smallest absolute Gasteiger partial charge is 0.168 e. The van der Waals surface area contributed by atoms with Gasteiger partial charge in [0.05, 0.1) is 6.61 Å². The predicted octanol–water partition coefficient (Wildman–Crippen LogP) is 1.27. The fourth-order valence-electron chi connectivity index (χ4n) is 1.45. The number of fused-ring (bicyclic) bond motifs is 1. The summed E-state index contributed by atoms with van der Waals surface area (Å²) in [7, 11) is 1.93. The predicted molar refractivity (Wildman–Crippen MR) is 49.5 cm³/mol. The van der Waals surface area contributed by atoms with Gasteiger partial charge in [-0.15, -0.1) is 0 Å². The molecule has 0 saturated heterocycles. The molecule has 0 atom stereocenters. The standard InChI is InChI=1S/C10H13NO2/c1-11-7-8-2-3-9-4-5-12-13-10(9)6-8/h2-3,6,11H,4-5,7H2,1H3. The van der Waals surface area contributed by atoms with Gasteiger partial charge in [0.1, 0.15) is 0 Å². The lowest BCUT2D eigenvalue weighted by Crippen LogP contribution is -2.12. The molecular formula is C10H13NO2. The first kappa shape index (κ1) is 8.53. The second-order valence-corrected chi connectivity index (χ2v) is 3.13. The summed E-state index contributed by atoms with van der Waals surface area (Å²) in [6, 6.07) is 6.24. The number of benzene rings is 1. The summed E-state index contributed by atoms with van der Waals surface area (Å²) in [6.07, 6.45) is 0.940. The minimum Gasteiger partial charge on any atom is -0.337 e. The minimum absolute atomic E-state index is 0.651. The van der Waals surface area contributed by atoms with Gasteiger partial charge in [-0.25, -0.2) is 0 Å². The van der Waals surface area contributed by atoms with Crippen LogP contribution in [0, 0.1) is 0 Å². The van der Waals surface area contributed by atoms with Crippen LogP contribution in [0.4, 0.5) is 0 Å². The number of nitrogens with one attached hydrogen (secondary N) is 1. The van der Waals surface area contributed by atoms with Crippen LogP contribution in [-0.2, 0) is 17.9 Å². The molecule has 0 aromatic heterocycles. The number of hydrogen-bond donors (Lipinski definition) is 1. The molecule has 3 heteroatoms. The highest BCUT2D eigenvalue weighted by molar-refractivity contribution is 5.38. The van der Waals surface area contributed by atoms with E-state index >= 15 is 0 Å². The van der Waals surface area contributed by atoms with Crippen LogP contribution in [0.2, 0.25) is 0 Å². The molecule has 0 spiro atoms. The van der Waals surface area contributed by atoms with E-state index < -0.39 is 0 Å². The first-order valence-corrected chi connectivity index (χ1v) is 4.46. The Morgan fingerprint density at radius 2 is 2.38 bits per heavy atom. The van der Waals surface area contributed by atoms with Crippen molar-refractivity contribution in [2.45, 2.75) is 13.0 Å². The summed E-state index contributed by atoms with van der Waals surface area (Å²) < 4.78 is 0. The van der Waals surface area contributed by atoms with Crippen LogP contribution in [0.15, 0.2) is 18.2 Å². The second-order valence-electron chi connectivity index (χ2n) is 3.13. The van der Waals surface area contributed by atoms with Gasteiger partial charge in [-0.2, -0.15) is 4.89 Å². The summed E-state index contributed by atoms with van der Waals surface area (Å²) in [5.41, 5.74) is 2.44. The average molecular weight is 179 g/mol. The van der Waals surface area contributed by atoms with Crippen molar-refractivity contribution < 1.29 is 9.78 Å². The van der Waals surface area contributed by atoms with Gasteiger partial charge in [-0.3, -0.25) is 0 Å². The average Bonchev–Trinajstić information content (AvgIpc) is 2.18. The molecule has 2 rings (SSSR count). The van der Waals surface area contributed by atoms with Crippen LogP contribution in [0.5, 0.6) is 5.75 Å². The van der Waals surface area contributed by atoms with Crippen LogP contribution in [-0.4, -0.2) is 13.7 Å². The molecule has 1 N–H and O–H groups in total. The molecule has 70 valence electrons. The lowest BCUT2D eigenvalue weighted by molar-refractivity contribution is -0.215. The van der Waals surface area contributed by atoms with Crippen LogP contribution in [0.25, 0.3) is 0 Å². The van der Waals surface area contributed by atoms with Gasteiger partial charge in [-0.1, -0.05) is 12.1 Å². The van der Waals surface area contributed by atoms with Gasteiger partial charge in [0.25, 0.3) is 0 Å². The van der Waals surface area contributed by atoms with Gasteiger partial charge >= 0.3 is 0 Å². The molecule has 1 heterocycles. The summed E-state index contributed by atoms with van der Waals surface area (Å²) in [6.45, 7) is 1.51. The number of rotatable bonds is 2. The molecule has 1 aliphatic heterocycles. The van der Waals surface area contributed by atoms with Gasteiger partial charge in [0, 0.05) is 18.5 Å². The Hall–Kier alpha value is -1.06. The maximum absolute atomic E-state index is 5.08. The quantitative estimate of drug-likeness (QED) is 0.693. The van der Waals surface area contributed by atoms with Crippen molar-refractivity contribution in [3.8, 4) is 5.75 Å². The van der Waals surface area contributed by atoms with Gasteiger partial charge in [0.15, 0.2) is 5.75 Å². The lowest BCUT2D eigenvalue weighted by atomic mass is 10.1. The van der Waals surface area contributed by atoms with Crippen molar-refractivity contribution in [3.63, 3.8) is 0 Å². The molecule has 0 unspecified atom stereocenters. The fraction of sp³-hybridized carbons (Fsp3) is 0.400. The monoisotopic (exact) mass is 179 g/mol. The molecule has 3 nitrogen and oxygen atoms in total. The molecule has 0 bridgehead atoms. The Morgan fingerprint density at radius 3 is 3.23 bits per heavy atom. The van der Waals surface area contributed by atoms with E-state index in [-0.39, 0.29) is 0 Å². The molecule has 1 aliphatic rings. The van der Waals surface area contributed by atoms with E-state index in [0.717, 1.165) is 18.7 Å². The van der Waals surface area contributed by atoms with Gasteiger partial charge in [0.2, 0.25) is 0 Å². The van der Waals surface area contributed by atoms with E-state index in [1.165, 1.54) is 11.1 Å². The maximum atomic E-state index is 5.08. The first-order valence-electron chi connectivity index (χ1n) is 4.46. The molecule has 0 amide bonds. The van der Waals surface area contributed by atoms with Crippen molar-refractivity contribution >= 4 is 0 Å². The molecule has 1 aromatic carbocycles. The van der Waals surface area contributed by atoms with E-state index in [9.17, 15) is 0 Å². The molecule has 0 saturated carbocycles. The van der Waals surface area contributed by atoms with E-state index in [1.54, 1.807) is 0 Å². The molecule has 0 aliphatic carbocycles. The molecular weight excluding hydrogens is 166 g/mol. The minimum atomic E-state index is 0.651. The third-order valence-electron chi connectivity index (χ3n) is 2.12. The third kappa shape index (κ3) is 1.82. The van der Waals surface area contributed by atoms with Crippen LogP contribution < -0.4 is 10.2 Å². The zero-order chi connectivity index (χ0) is 9.10. The highest BCUT2D eigenvalue weighted by Crippen LogP contribution is 2.24. The zero-order valence-corrected chi connectivity index (χ0v) is 7.67. The topological polar surface area (TPSA) is 30.5 Å². The van der Waals surface area contributed by atoms with Crippen molar-refractivity contribution in [1.29, 1.82) is 0 Å². The van der Waals surface area contributed by atoms with E-state index in [2.05, 4.69) is 17.4 Å². The summed E-state index contributed by atoms with van der Waals surface area (Å²) >= 11 is 0. The summed E-state index contributed by atoms with van der Waals surface area (Å²) in [5.74, 6) is 0.860. The normalized spacial score (nSPS) is 14.8. The highest BCUT2D eigenvalue weighted by Gasteiger charge is 2.11. The first-order chi connectivity index (χ1) is 6.40. The molecule has 1 aromatic rings. The van der Waals surface area contributed by atoms with Crippen molar-refractivity contribution in [3.05, 3.63) is 29.3 Å². The van der Waals surface area contributed by atoms with Gasteiger partial charge in [-0.05, 0) is 18.7 Å². The molecule has 13 heavy (non-hydrogen) atoms. The Kier molecular flexibility index (Phi) is 2.47. The van der Waals surface area contributed by atoms with E-state index in [4.69, 9.17) is 9.78 Å². The largest absolute Gasteiger partial charge is 0.337 e. The SMILES string of the molecule is CNCc1ccc2c(c1)OOCC2. The van der Waals surface area contributed by atoms with E-state index in [0.29, 0.717) is 6.61 Å². The number of hydrogen-bond acceptors (Lipinski definition) is 3. The Morgan fingerprint density at radius 1 is 1.46 bits per heavy atom. The Bertz CT molecular complexity index is 299. The zero-order valence-electron chi connectivity index (χ0n) is 7.67. The van der Waals surface area contributed by atoms with E-state index in [1.807, 2.05) is 13.1 Å². The van der Waals surface area contributed by atoms with Crippen molar-refractivity contribution in [2.75, 3.05) is 13.7 Å². The van der Waals surface area contributed by atoms with Crippen LogP contribution in [0.1, 0.15) is 11.1 Å². The Labute approximate surface area is 77.6 Å². The second kappa shape index (κ2) is 3.77. The highest BCUT2D eigenvalue weighted by atomic mass is 17.2. The molecule has 0 fully saturated rings. The van der Waals surface area contributed by atoms with Crippen LogP contribution in [0.3, 0.4) is 0 Å². The third-order valence-corrected chi connectivity index (χ3v) is 2.12. The molecule has 0 radical (unpaired) electrons. The van der Waals surface area contributed by atoms with Crippen LogP contribution >= 0.6 is 0 Å². The lowest BCUT2D eigenvalue weighted by Gasteiger charge is -2.16. The van der Waals surface area contributed by atoms with Gasteiger partial charge < -0.3 is 10.2 Å². The summed E-state index contributed by atoms with van der Waals surface area (Å²) in [5, 5.41) is 3.09. The van der Waals surface area contributed by atoms with Crippen molar-refractivity contribution in [2.24, 2.45) is 0 Å². The van der Waals surface area contributed by atoms with Crippen molar-refractivity contribution in [1.82, 2.24) is 5.32 Å². The summed E-state index contributed by atoms with van der Waals surface area (Å²) in [4.78, 5) is 9.99. The maximum Gasteiger partial charge on any atom is 0.168 e. The Balaban J connectivity index is 2.24. The fourth-order valence-corrected chi connectivity index (χ4v) is 1.45.